The first-order chi connectivity index (χ1) is 12.4. The van der Waals surface area contributed by atoms with Crippen LogP contribution in [0, 0.1) is 13.8 Å². The lowest BCUT2D eigenvalue weighted by molar-refractivity contribution is 0.0787. The van der Waals surface area contributed by atoms with E-state index in [-0.39, 0.29) is 11.8 Å². The van der Waals surface area contributed by atoms with E-state index in [1.54, 1.807) is 54.0 Å². The van der Waals surface area contributed by atoms with Gasteiger partial charge in [0.2, 0.25) is 0 Å². The molecule has 1 rings (SSSR count). The maximum Gasteiger partial charge on any atom is 0.256 e. The van der Waals surface area contributed by atoms with Gasteiger partial charge >= 0.3 is 0 Å². The summed E-state index contributed by atoms with van der Waals surface area (Å²) < 4.78 is 0. The van der Waals surface area contributed by atoms with Crippen molar-refractivity contribution in [2.24, 2.45) is 0 Å². The molecule has 0 fully saturated rings. The third-order valence-electron chi connectivity index (χ3n) is 3.84. The highest BCUT2D eigenvalue weighted by molar-refractivity contribution is 6.01. The highest BCUT2D eigenvalue weighted by Gasteiger charge is 2.22. The summed E-state index contributed by atoms with van der Waals surface area (Å²) in [7, 11) is 0. The SMILES string of the molecule is C=CCN(CC=C)C(=O)c1cc(C(=O)N(CC=C)CC=C)c(C)nc1C. The molecule has 0 atom stereocenters. The second kappa shape index (κ2) is 10.1. The van der Waals surface area contributed by atoms with Crippen LogP contribution >= 0.6 is 0 Å². The van der Waals surface area contributed by atoms with Crippen molar-refractivity contribution < 1.29 is 9.59 Å². The number of pyridine rings is 1. The molecule has 138 valence electrons. The van der Waals surface area contributed by atoms with Gasteiger partial charge in [-0.1, -0.05) is 24.3 Å². The Labute approximate surface area is 156 Å². The Kier molecular flexibility index (Phi) is 8.22. The van der Waals surface area contributed by atoms with Crippen LogP contribution in [0.2, 0.25) is 0 Å². The number of hydrogen-bond acceptors (Lipinski definition) is 3. The average molecular weight is 353 g/mol. The van der Waals surface area contributed by atoms with Gasteiger partial charge in [0.05, 0.1) is 22.5 Å². The van der Waals surface area contributed by atoms with Crippen LogP contribution in [0.4, 0.5) is 0 Å². The molecule has 5 nitrogen and oxygen atoms in total. The fourth-order valence-corrected chi connectivity index (χ4v) is 2.60. The van der Waals surface area contributed by atoms with E-state index in [2.05, 4.69) is 31.3 Å². The van der Waals surface area contributed by atoms with Crippen LogP contribution < -0.4 is 0 Å². The molecule has 0 saturated heterocycles. The van der Waals surface area contributed by atoms with Crippen LogP contribution in [-0.4, -0.2) is 52.8 Å². The summed E-state index contributed by atoms with van der Waals surface area (Å²) in [5.41, 5.74) is 1.97. The number of hydrogen-bond donors (Lipinski definition) is 0. The quantitative estimate of drug-likeness (QED) is 0.606. The van der Waals surface area contributed by atoms with Gasteiger partial charge in [-0.3, -0.25) is 14.6 Å². The Bertz CT molecular complexity index is 645. The maximum atomic E-state index is 12.9. The zero-order valence-corrected chi connectivity index (χ0v) is 15.7. The van der Waals surface area contributed by atoms with Crippen molar-refractivity contribution in [3.8, 4) is 0 Å². The molecule has 0 aliphatic carbocycles. The Morgan fingerprint density at radius 1 is 0.808 bits per heavy atom. The monoisotopic (exact) mass is 353 g/mol. The Morgan fingerprint density at radius 2 is 1.12 bits per heavy atom. The van der Waals surface area contributed by atoms with Gasteiger partial charge in [-0.2, -0.15) is 0 Å². The van der Waals surface area contributed by atoms with Gasteiger partial charge in [-0.25, -0.2) is 0 Å². The van der Waals surface area contributed by atoms with E-state index in [1.165, 1.54) is 0 Å². The second-order valence-electron chi connectivity index (χ2n) is 5.83. The van der Waals surface area contributed by atoms with Gasteiger partial charge in [-0.05, 0) is 19.9 Å². The van der Waals surface area contributed by atoms with E-state index in [4.69, 9.17) is 0 Å². The summed E-state index contributed by atoms with van der Waals surface area (Å²) in [5.74, 6) is -0.411. The van der Waals surface area contributed by atoms with Crippen molar-refractivity contribution >= 4 is 11.8 Å². The third-order valence-corrected chi connectivity index (χ3v) is 3.84. The molecule has 2 amide bonds. The van der Waals surface area contributed by atoms with Crippen LogP contribution in [0.3, 0.4) is 0 Å². The number of carbonyl (C=O) groups is 2. The Hall–Kier alpha value is -2.95. The third kappa shape index (κ3) is 5.02. The molecule has 0 aliphatic rings. The van der Waals surface area contributed by atoms with Crippen molar-refractivity contribution in [3.63, 3.8) is 0 Å². The van der Waals surface area contributed by atoms with Gasteiger partial charge in [0.15, 0.2) is 0 Å². The number of rotatable bonds is 10. The van der Waals surface area contributed by atoms with Gasteiger partial charge in [-0.15, -0.1) is 26.3 Å². The summed E-state index contributed by atoms with van der Waals surface area (Å²) in [6.45, 7) is 19.8. The zero-order chi connectivity index (χ0) is 19.7. The van der Waals surface area contributed by atoms with E-state index in [1.807, 2.05) is 0 Å². The maximum absolute atomic E-state index is 12.9. The molecule has 0 saturated carbocycles. The van der Waals surface area contributed by atoms with E-state index >= 15 is 0 Å². The van der Waals surface area contributed by atoms with Crippen LogP contribution in [0.25, 0.3) is 0 Å². The van der Waals surface area contributed by atoms with E-state index < -0.39 is 0 Å². The molecule has 26 heavy (non-hydrogen) atoms. The normalized spacial score (nSPS) is 9.92. The number of aryl methyl sites for hydroxylation is 2. The molecule has 0 spiro atoms. The lowest BCUT2D eigenvalue weighted by Gasteiger charge is -2.23. The molecule has 0 aliphatic heterocycles. The highest BCUT2D eigenvalue weighted by Crippen LogP contribution is 2.17. The average Bonchev–Trinajstić information content (AvgIpc) is 2.60. The number of aromatic nitrogens is 1. The molecule has 1 aromatic heterocycles. The van der Waals surface area contributed by atoms with Crippen molar-refractivity contribution in [3.05, 3.63) is 79.2 Å². The largest absolute Gasteiger partial charge is 0.331 e. The van der Waals surface area contributed by atoms with Crippen LogP contribution in [0.1, 0.15) is 32.1 Å². The van der Waals surface area contributed by atoms with Crippen LogP contribution in [0.15, 0.2) is 56.7 Å². The van der Waals surface area contributed by atoms with Gasteiger partial charge in [0.25, 0.3) is 11.8 Å². The molecule has 5 heteroatoms. The molecular weight excluding hydrogens is 326 g/mol. The van der Waals surface area contributed by atoms with Crippen LogP contribution in [-0.2, 0) is 0 Å². The van der Waals surface area contributed by atoms with Gasteiger partial charge in [0.1, 0.15) is 0 Å². The van der Waals surface area contributed by atoms with Crippen molar-refractivity contribution in [1.82, 2.24) is 14.8 Å². The smallest absolute Gasteiger partial charge is 0.256 e. The molecule has 1 aromatic rings. The minimum absolute atomic E-state index is 0.206. The van der Waals surface area contributed by atoms with Gasteiger partial charge in [0, 0.05) is 26.2 Å². The van der Waals surface area contributed by atoms with Crippen molar-refractivity contribution in [2.45, 2.75) is 13.8 Å². The molecule has 1 heterocycles. The minimum Gasteiger partial charge on any atom is -0.331 e. The molecule has 0 radical (unpaired) electrons. The standard InChI is InChI=1S/C21H27N3O2/c1-7-11-23(12-8-2)20(25)18-15-19(17(6)22-16(18)5)21(26)24(13-9-3)14-10-4/h7-10,15H,1-4,11-14H2,5-6H3. The Morgan fingerprint density at radius 3 is 1.38 bits per heavy atom. The molecule has 0 unspecified atom stereocenters. The fraction of sp³-hybridized carbons (Fsp3) is 0.286. The predicted molar refractivity (Wildman–Crippen MR) is 106 cm³/mol. The lowest BCUT2D eigenvalue weighted by Crippen LogP contribution is -2.34. The summed E-state index contributed by atoms with van der Waals surface area (Å²) >= 11 is 0. The topological polar surface area (TPSA) is 53.5 Å². The molecule has 0 bridgehead atoms. The van der Waals surface area contributed by atoms with E-state index in [0.717, 1.165) is 0 Å². The molecule has 0 aromatic carbocycles. The number of carbonyl (C=O) groups excluding carboxylic acids is 2. The first kappa shape index (κ1) is 21.1. The first-order valence-corrected chi connectivity index (χ1v) is 8.41. The fourth-order valence-electron chi connectivity index (χ4n) is 2.60. The summed E-state index contributed by atoms with van der Waals surface area (Å²) in [4.78, 5) is 33.4. The highest BCUT2D eigenvalue weighted by atomic mass is 16.2. The number of nitrogens with zero attached hydrogens (tertiary/aromatic N) is 3. The Balaban J connectivity index is 3.34. The second-order valence-corrected chi connectivity index (χ2v) is 5.83. The van der Waals surface area contributed by atoms with Crippen molar-refractivity contribution in [1.29, 1.82) is 0 Å². The van der Waals surface area contributed by atoms with E-state index in [9.17, 15) is 9.59 Å². The lowest BCUT2D eigenvalue weighted by atomic mass is 10.1. The predicted octanol–water partition coefficient (Wildman–Crippen LogP) is 3.33. The summed E-state index contributed by atoms with van der Waals surface area (Å²) in [6.07, 6.45) is 6.61. The summed E-state index contributed by atoms with van der Waals surface area (Å²) in [5, 5.41) is 0. The van der Waals surface area contributed by atoms with Crippen molar-refractivity contribution in [2.75, 3.05) is 26.2 Å². The summed E-state index contributed by atoms with van der Waals surface area (Å²) in [6, 6.07) is 1.63. The van der Waals surface area contributed by atoms with Crippen LogP contribution in [0.5, 0.6) is 0 Å². The molecular formula is C21H27N3O2. The number of amides is 2. The van der Waals surface area contributed by atoms with Gasteiger partial charge < -0.3 is 9.80 Å². The zero-order valence-electron chi connectivity index (χ0n) is 15.7. The minimum atomic E-state index is -0.206. The molecule has 0 N–H and O–H groups in total. The first-order valence-electron chi connectivity index (χ1n) is 8.41. The van der Waals surface area contributed by atoms with E-state index in [0.29, 0.717) is 48.7 Å².